The number of aromatic nitrogens is 1. The van der Waals surface area contributed by atoms with Crippen LogP contribution in [0.4, 0.5) is 15.2 Å². The van der Waals surface area contributed by atoms with E-state index >= 15 is 0 Å². The quantitative estimate of drug-likeness (QED) is 0.0954. The molecule has 0 aliphatic rings. The molecule has 238 valence electrons. The molecule has 0 saturated heterocycles. The predicted molar refractivity (Wildman–Crippen MR) is 189 cm³/mol. The summed E-state index contributed by atoms with van der Waals surface area (Å²) in [6, 6.07) is 29.3. The normalized spacial score (nSPS) is 11.9. The first kappa shape index (κ1) is 33.6. The molecule has 0 fully saturated rings. The molecule has 3 amide bonds. The highest BCUT2D eigenvalue weighted by atomic mass is 35.5. The molecule has 3 N–H and O–H groups in total. The fourth-order valence-electron chi connectivity index (χ4n) is 4.57. The Morgan fingerprint density at radius 2 is 1.64 bits per heavy atom. The SMILES string of the molecule is CCC(Sc1cccc(NC(=O)/C(=C\c2c(F)cccc2Cl)NC(=O)c2ccccc2)c1)C(=O)Nc1nc(-c2ccccc2)c(C)s1. The third-order valence-corrected chi connectivity index (χ3v) is 9.50. The van der Waals surface area contributed by atoms with E-state index in [1.165, 1.54) is 47.4 Å². The van der Waals surface area contributed by atoms with Crippen molar-refractivity contribution in [3.05, 3.63) is 136 Å². The molecule has 0 aliphatic heterocycles. The highest BCUT2D eigenvalue weighted by molar-refractivity contribution is 8.00. The number of halogens is 2. The van der Waals surface area contributed by atoms with Gasteiger partial charge in [0.1, 0.15) is 11.5 Å². The minimum atomic E-state index is -0.686. The van der Waals surface area contributed by atoms with Crippen molar-refractivity contribution in [1.82, 2.24) is 10.3 Å². The molecule has 1 aromatic heterocycles. The number of hydrogen-bond acceptors (Lipinski definition) is 6. The van der Waals surface area contributed by atoms with Crippen molar-refractivity contribution in [3.8, 4) is 11.3 Å². The maximum absolute atomic E-state index is 14.7. The number of thiazole rings is 1. The molecule has 0 bridgehead atoms. The highest BCUT2D eigenvalue weighted by Gasteiger charge is 2.22. The number of benzene rings is 4. The van der Waals surface area contributed by atoms with Crippen molar-refractivity contribution < 1.29 is 18.8 Å². The van der Waals surface area contributed by atoms with Gasteiger partial charge in [0, 0.05) is 32.2 Å². The van der Waals surface area contributed by atoms with Gasteiger partial charge in [0.25, 0.3) is 11.8 Å². The topological polar surface area (TPSA) is 100 Å². The van der Waals surface area contributed by atoms with Gasteiger partial charge in [-0.2, -0.15) is 0 Å². The standard InChI is InChI=1S/C36H30ClFN4O3S2/c1-3-31(35(45)42-36-41-32(22(2)46-36)23-12-6-4-7-13-23)47-26-17-10-16-25(20-26)39-34(44)30(21-27-28(37)18-11-19-29(27)38)40-33(43)24-14-8-5-9-15-24/h4-21,31H,3H2,1-2H3,(H,39,44)(H,40,43)(H,41,42,45)/b30-21+. The van der Waals surface area contributed by atoms with Gasteiger partial charge in [0.05, 0.1) is 16.0 Å². The Bertz CT molecular complexity index is 1910. The Balaban J connectivity index is 1.31. The lowest BCUT2D eigenvalue weighted by Gasteiger charge is -2.15. The van der Waals surface area contributed by atoms with Crippen LogP contribution in [0.3, 0.4) is 0 Å². The van der Waals surface area contributed by atoms with Crippen LogP contribution in [0.15, 0.2) is 114 Å². The zero-order chi connectivity index (χ0) is 33.3. The van der Waals surface area contributed by atoms with Crippen LogP contribution in [-0.4, -0.2) is 28.0 Å². The van der Waals surface area contributed by atoms with Gasteiger partial charge in [-0.1, -0.05) is 79.2 Å². The molecule has 7 nitrogen and oxygen atoms in total. The minimum Gasteiger partial charge on any atom is -0.321 e. The molecule has 4 aromatic carbocycles. The van der Waals surface area contributed by atoms with Crippen LogP contribution >= 0.6 is 34.7 Å². The summed E-state index contributed by atoms with van der Waals surface area (Å²) in [5, 5.41) is 8.49. The summed E-state index contributed by atoms with van der Waals surface area (Å²) in [4.78, 5) is 46.1. The number of anilines is 2. The molecule has 11 heteroatoms. The van der Waals surface area contributed by atoms with E-state index in [0.717, 1.165) is 21.0 Å². The van der Waals surface area contributed by atoms with E-state index in [4.69, 9.17) is 11.6 Å². The van der Waals surface area contributed by atoms with E-state index < -0.39 is 22.9 Å². The lowest BCUT2D eigenvalue weighted by atomic mass is 10.1. The van der Waals surface area contributed by atoms with E-state index in [2.05, 4.69) is 20.9 Å². The van der Waals surface area contributed by atoms with Crippen LogP contribution in [0.1, 0.15) is 34.1 Å². The van der Waals surface area contributed by atoms with E-state index in [1.54, 1.807) is 48.5 Å². The smallest absolute Gasteiger partial charge is 0.272 e. The molecule has 1 unspecified atom stereocenters. The maximum atomic E-state index is 14.7. The lowest BCUT2D eigenvalue weighted by molar-refractivity contribution is -0.116. The first-order chi connectivity index (χ1) is 22.7. The summed E-state index contributed by atoms with van der Waals surface area (Å²) in [5.74, 6) is -2.07. The van der Waals surface area contributed by atoms with Gasteiger partial charge in [-0.25, -0.2) is 9.37 Å². The third kappa shape index (κ3) is 8.74. The van der Waals surface area contributed by atoms with Crippen molar-refractivity contribution in [3.63, 3.8) is 0 Å². The summed E-state index contributed by atoms with van der Waals surface area (Å²) in [6.07, 6.45) is 1.75. The number of carbonyl (C=O) groups excluding carboxylic acids is 3. The molecule has 47 heavy (non-hydrogen) atoms. The molecule has 5 aromatic rings. The van der Waals surface area contributed by atoms with Crippen molar-refractivity contribution >= 4 is 69.3 Å². The molecule has 1 heterocycles. The second-order valence-electron chi connectivity index (χ2n) is 10.3. The number of thioether (sulfide) groups is 1. The van der Waals surface area contributed by atoms with Crippen LogP contribution < -0.4 is 16.0 Å². The molecule has 5 rings (SSSR count). The van der Waals surface area contributed by atoms with Gasteiger partial charge in [-0.15, -0.1) is 23.1 Å². The average Bonchev–Trinajstić information content (AvgIpc) is 3.44. The van der Waals surface area contributed by atoms with Crippen LogP contribution in [0.25, 0.3) is 17.3 Å². The van der Waals surface area contributed by atoms with Crippen molar-refractivity contribution in [1.29, 1.82) is 0 Å². The van der Waals surface area contributed by atoms with Crippen molar-refractivity contribution in [2.24, 2.45) is 0 Å². The zero-order valence-corrected chi connectivity index (χ0v) is 27.8. The minimum absolute atomic E-state index is 0.0416. The van der Waals surface area contributed by atoms with Gasteiger partial charge in [0.15, 0.2) is 5.13 Å². The number of carbonyl (C=O) groups is 3. The van der Waals surface area contributed by atoms with Gasteiger partial charge < -0.3 is 16.0 Å². The average molecular weight is 685 g/mol. The number of nitrogens with zero attached hydrogens (tertiary/aromatic N) is 1. The van der Waals surface area contributed by atoms with Crippen molar-refractivity contribution in [2.75, 3.05) is 10.6 Å². The van der Waals surface area contributed by atoms with Gasteiger partial charge in [0.2, 0.25) is 5.91 Å². The van der Waals surface area contributed by atoms with Crippen molar-refractivity contribution in [2.45, 2.75) is 30.4 Å². The third-order valence-electron chi connectivity index (χ3n) is 6.92. The second kappa shape index (κ2) is 15.7. The second-order valence-corrected chi connectivity index (χ2v) is 13.2. The fraction of sp³-hybridized carbons (Fsp3) is 0.111. The van der Waals surface area contributed by atoms with Crippen LogP contribution in [0, 0.1) is 12.7 Å². The van der Waals surface area contributed by atoms with E-state index in [0.29, 0.717) is 22.8 Å². The molecule has 0 radical (unpaired) electrons. The summed E-state index contributed by atoms with van der Waals surface area (Å²) in [7, 11) is 0. The summed E-state index contributed by atoms with van der Waals surface area (Å²) < 4.78 is 14.7. The number of nitrogens with one attached hydrogen (secondary N) is 3. The fourth-order valence-corrected chi connectivity index (χ4v) is 6.64. The number of aryl methyl sites for hydroxylation is 1. The highest BCUT2D eigenvalue weighted by Crippen LogP contribution is 2.32. The lowest BCUT2D eigenvalue weighted by Crippen LogP contribution is -2.30. The molecule has 0 saturated carbocycles. The Kier molecular flexibility index (Phi) is 11.2. The Hall–Kier alpha value is -4.77. The molecular weight excluding hydrogens is 655 g/mol. The molecule has 0 aliphatic carbocycles. The Morgan fingerprint density at radius 3 is 2.34 bits per heavy atom. The summed E-state index contributed by atoms with van der Waals surface area (Å²) >= 11 is 8.99. The number of rotatable bonds is 11. The molecule has 1 atom stereocenters. The first-order valence-electron chi connectivity index (χ1n) is 14.7. The maximum Gasteiger partial charge on any atom is 0.272 e. The zero-order valence-electron chi connectivity index (χ0n) is 25.4. The number of amides is 3. The number of hydrogen-bond donors (Lipinski definition) is 3. The Labute approximate surface area is 285 Å². The molecular formula is C36H30ClFN4O3S2. The van der Waals surface area contributed by atoms with E-state index in [-0.39, 0.29) is 22.2 Å². The van der Waals surface area contributed by atoms with Gasteiger partial charge in [-0.05, 0) is 61.9 Å². The van der Waals surface area contributed by atoms with Crippen LogP contribution in [-0.2, 0) is 9.59 Å². The van der Waals surface area contributed by atoms with Gasteiger partial charge in [-0.3, -0.25) is 14.4 Å². The summed E-state index contributed by atoms with van der Waals surface area (Å²) in [5.41, 5.74) is 2.30. The van der Waals surface area contributed by atoms with E-state index in [1.807, 2.05) is 50.2 Å². The van der Waals surface area contributed by atoms with Crippen LogP contribution in [0.2, 0.25) is 5.02 Å². The summed E-state index contributed by atoms with van der Waals surface area (Å²) in [6.45, 7) is 3.89. The van der Waals surface area contributed by atoms with E-state index in [9.17, 15) is 18.8 Å². The van der Waals surface area contributed by atoms with Crippen LogP contribution in [0.5, 0.6) is 0 Å². The van der Waals surface area contributed by atoms with Gasteiger partial charge >= 0.3 is 0 Å². The Morgan fingerprint density at radius 1 is 0.936 bits per heavy atom. The monoisotopic (exact) mass is 684 g/mol. The largest absolute Gasteiger partial charge is 0.321 e. The molecule has 0 spiro atoms. The first-order valence-corrected chi connectivity index (χ1v) is 16.7. The predicted octanol–water partition coefficient (Wildman–Crippen LogP) is 8.83.